The van der Waals surface area contributed by atoms with Crippen molar-refractivity contribution in [1.82, 2.24) is 10.2 Å². The van der Waals surface area contributed by atoms with Crippen LogP contribution in [0.2, 0.25) is 10.0 Å². The van der Waals surface area contributed by atoms with Gasteiger partial charge in [-0.2, -0.15) is 5.26 Å². The van der Waals surface area contributed by atoms with Gasteiger partial charge in [-0.1, -0.05) is 29.3 Å². The van der Waals surface area contributed by atoms with Gasteiger partial charge in [0.15, 0.2) is 0 Å². The molecular formula is C21H21Cl2N3OS. The predicted octanol–water partition coefficient (Wildman–Crippen LogP) is 4.74. The fourth-order valence-corrected chi connectivity index (χ4v) is 4.21. The molecule has 4 nitrogen and oxygen atoms in total. The van der Waals surface area contributed by atoms with E-state index in [4.69, 9.17) is 28.5 Å². The summed E-state index contributed by atoms with van der Waals surface area (Å²) in [6, 6.07) is 15.3. The summed E-state index contributed by atoms with van der Waals surface area (Å²) in [5, 5.41) is 13.1. The Bertz CT molecular complexity index is 859. The highest BCUT2D eigenvalue weighted by Crippen LogP contribution is 2.24. The van der Waals surface area contributed by atoms with Gasteiger partial charge in [0, 0.05) is 30.6 Å². The Morgan fingerprint density at radius 2 is 1.86 bits per heavy atom. The molecule has 0 atom stereocenters. The van der Waals surface area contributed by atoms with Gasteiger partial charge in [0.2, 0.25) is 5.91 Å². The van der Waals surface area contributed by atoms with E-state index in [-0.39, 0.29) is 11.9 Å². The average molecular weight is 434 g/mol. The molecule has 146 valence electrons. The van der Waals surface area contributed by atoms with Crippen molar-refractivity contribution in [2.45, 2.75) is 30.3 Å². The third-order valence-corrected chi connectivity index (χ3v) is 6.45. The third kappa shape index (κ3) is 6.15. The fraction of sp³-hybridized carbons (Fsp3) is 0.333. The highest BCUT2D eigenvalue weighted by Gasteiger charge is 2.21. The Hall–Kier alpha value is -1.71. The van der Waals surface area contributed by atoms with Gasteiger partial charge in [0.05, 0.1) is 27.4 Å². The Labute approximate surface area is 179 Å². The number of hydrogen-bond donors (Lipinski definition) is 1. The van der Waals surface area contributed by atoms with Gasteiger partial charge in [-0.05, 0) is 54.8 Å². The third-order valence-electron chi connectivity index (χ3n) is 4.70. The van der Waals surface area contributed by atoms with Crippen molar-refractivity contribution >= 4 is 40.9 Å². The van der Waals surface area contributed by atoms with Gasteiger partial charge in [-0.15, -0.1) is 11.8 Å². The van der Waals surface area contributed by atoms with E-state index in [9.17, 15) is 4.79 Å². The van der Waals surface area contributed by atoms with Crippen LogP contribution < -0.4 is 5.32 Å². The van der Waals surface area contributed by atoms with Crippen LogP contribution in [0.1, 0.15) is 24.0 Å². The van der Waals surface area contributed by atoms with Crippen LogP contribution in [0.15, 0.2) is 47.4 Å². The lowest BCUT2D eigenvalue weighted by Crippen LogP contribution is -2.44. The van der Waals surface area contributed by atoms with Gasteiger partial charge in [-0.25, -0.2) is 0 Å². The van der Waals surface area contributed by atoms with Crippen LogP contribution in [0.25, 0.3) is 0 Å². The first kappa shape index (κ1) is 21.0. The molecule has 2 aromatic carbocycles. The highest BCUT2D eigenvalue weighted by atomic mass is 35.5. The number of piperidine rings is 1. The van der Waals surface area contributed by atoms with Crippen LogP contribution >= 0.6 is 35.0 Å². The molecule has 0 aromatic heterocycles. The molecule has 1 amide bonds. The summed E-state index contributed by atoms with van der Waals surface area (Å²) in [7, 11) is 0. The van der Waals surface area contributed by atoms with E-state index in [0.717, 1.165) is 42.9 Å². The molecule has 0 spiro atoms. The van der Waals surface area contributed by atoms with Crippen molar-refractivity contribution in [2.24, 2.45) is 0 Å². The van der Waals surface area contributed by atoms with Crippen LogP contribution in [-0.4, -0.2) is 35.7 Å². The van der Waals surface area contributed by atoms with Crippen molar-refractivity contribution < 1.29 is 4.79 Å². The SMILES string of the molecule is N#Cc1ccc(SCC(=O)NC2CCN(Cc3ccc(Cl)c(Cl)c3)CC2)cc1. The normalized spacial score (nSPS) is 15.2. The number of thioether (sulfide) groups is 1. The number of nitrogens with one attached hydrogen (secondary N) is 1. The number of nitrogens with zero attached hydrogens (tertiary/aromatic N) is 2. The van der Waals surface area contributed by atoms with E-state index < -0.39 is 0 Å². The molecule has 0 aliphatic carbocycles. The Balaban J connectivity index is 1.39. The van der Waals surface area contributed by atoms with E-state index in [1.165, 1.54) is 11.8 Å². The molecule has 1 N–H and O–H groups in total. The zero-order valence-corrected chi connectivity index (χ0v) is 17.7. The molecule has 1 saturated heterocycles. The van der Waals surface area contributed by atoms with Crippen molar-refractivity contribution in [1.29, 1.82) is 5.26 Å². The maximum Gasteiger partial charge on any atom is 0.230 e. The summed E-state index contributed by atoms with van der Waals surface area (Å²) < 4.78 is 0. The van der Waals surface area contributed by atoms with Crippen molar-refractivity contribution in [3.05, 3.63) is 63.6 Å². The van der Waals surface area contributed by atoms with Crippen LogP contribution in [0.4, 0.5) is 0 Å². The number of carbonyl (C=O) groups excluding carboxylic acids is 1. The summed E-state index contributed by atoms with van der Waals surface area (Å²) in [4.78, 5) is 15.6. The van der Waals surface area contributed by atoms with Crippen LogP contribution in [0.5, 0.6) is 0 Å². The molecule has 0 unspecified atom stereocenters. The Morgan fingerprint density at radius 3 is 2.50 bits per heavy atom. The smallest absolute Gasteiger partial charge is 0.230 e. The highest BCUT2D eigenvalue weighted by molar-refractivity contribution is 8.00. The number of halogens is 2. The van der Waals surface area contributed by atoms with Crippen molar-refractivity contribution in [3.63, 3.8) is 0 Å². The number of rotatable bonds is 6. The quantitative estimate of drug-likeness (QED) is 0.668. The largest absolute Gasteiger partial charge is 0.353 e. The zero-order chi connectivity index (χ0) is 19.9. The molecule has 7 heteroatoms. The number of likely N-dealkylation sites (tertiary alicyclic amines) is 1. The van der Waals surface area contributed by atoms with E-state index in [2.05, 4.69) is 16.3 Å². The molecule has 28 heavy (non-hydrogen) atoms. The minimum atomic E-state index is 0.0530. The maximum atomic E-state index is 12.2. The molecule has 0 radical (unpaired) electrons. The average Bonchev–Trinajstić information content (AvgIpc) is 2.71. The summed E-state index contributed by atoms with van der Waals surface area (Å²) in [6.07, 6.45) is 1.88. The molecule has 3 rings (SSSR count). The number of benzene rings is 2. The van der Waals surface area contributed by atoms with Gasteiger partial charge < -0.3 is 5.32 Å². The zero-order valence-electron chi connectivity index (χ0n) is 15.3. The van der Waals surface area contributed by atoms with E-state index >= 15 is 0 Å². The van der Waals surface area contributed by atoms with E-state index in [0.29, 0.717) is 21.4 Å². The number of carbonyl (C=O) groups is 1. The maximum absolute atomic E-state index is 12.2. The molecule has 1 fully saturated rings. The van der Waals surface area contributed by atoms with Gasteiger partial charge in [0.25, 0.3) is 0 Å². The summed E-state index contributed by atoms with van der Waals surface area (Å²) >= 11 is 13.5. The summed E-state index contributed by atoms with van der Waals surface area (Å²) in [5.74, 6) is 0.437. The monoisotopic (exact) mass is 433 g/mol. The van der Waals surface area contributed by atoms with Crippen molar-refractivity contribution in [2.75, 3.05) is 18.8 Å². The summed E-state index contributed by atoms with van der Waals surface area (Å²) in [5.41, 5.74) is 1.78. The predicted molar refractivity (Wildman–Crippen MR) is 115 cm³/mol. The molecule has 1 aliphatic rings. The molecule has 1 heterocycles. The van der Waals surface area contributed by atoms with Crippen LogP contribution in [0, 0.1) is 11.3 Å². The fourth-order valence-electron chi connectivity index (χ4n) is 3.18. The molecule has 0 bridgehead atoms. The molecular weight excluding hydrogens is 413 g/mol. The first-order valence-electron chi connectivity index (χ1n) is 9.12. The van der Waals surface area contributed by atoms with Gasteiger partial charge >= 0.3 is 0 Å². The second-order valence-electron chi connectivity index (χ2n) is 6.79. The van der Waals surface area contributed by atoms with E-state index in [1.807, 2.05) is 30.3 Å². The molecule has 0 saturated carbocycles. The lowest BCUT2D eigenvalue weighted by molar-refractivity contribution is -0.119. The Morgan fingerprint density at radius 1 is 1.14 bits per heavy atom. The number of nitriles is 1. The van der Waals surface area contributed by atoms with Crippen LogP contribution in [-0.2, 0) is 11.3 Å². The summed E-state index contributed by atoms with van der Waals surface area (Å²) in [6.45, 7) is 2.72. The minimum Gasteiger partial charge on any atom is -0.353 e. The van der Waals surface area contributed by atoms with Crippen LogP contribution in [0.3, 0.4) is 0 Å². The topological polar surface area (TPSA) is 56.1 Å². The lowest BCUT2D eigenvalue weighted by Gasteiger charge is -2.32. The molecule has 2 aromatic rings. The minimum absolute atomic E-state index is 0.0530. The molecule has 1 aliphatic heterocycles. The standard InChI is InChI=1S/C21H21Cl2N3OS/c22-19-6-3-16(11-20(19)23)13-26-9-7-17(8-10-26)25-21(27)14-28-18-4-1-15(12-24)2-5-18/h1-6,11,17H,7-10,13-14H2,(H,25,27). The second-order valence-corrected chi connectivity index (χ2v) is 8.65. The number of hydrogen-bond acceptors (Lipinski definition) is 4. The van der Waals surface area contributed by atoms with Crippen molar-refractivity contribution in [3.8, 4) is 6.07 Å². The Kier molecular flexibility index (Phi) is 7.64. The number of amides is 1. The first-order chi connectivity index (χ1) is 13.5. The lowest BCUT2D eigenvalue weighted by atomic mass is 10.0. The van der Waals surface area contributed by atoms with Gasteiger partial charge in [-0.3, -0.25) is 9.69 Å². The second kappa shape index (κ2) is 10.2. The van der Waals surface area contributed by atoms with Gasteiger partial charge in [0.1, 0.15) is 0 Å². The van der Waals surface area contributed by atoms with E-state index in [1.54, 1.807) is 12.1 Å². The first-order valence-corrected chi connectivity index (χ1v) is 10.9.